The Morgan fingerprint density at radius 1 is 1.26 bits per heavy atom. The van der Waals surface area contributed by atoms with Gasteiger partial charge in [-0.25, -0.2) is 4.39 Å². The lowest BCUT2D eigenvalue weighted by molar-refractivity contribution is -0.132. The quantitative estimate of drug-likeness (QED) is 0.872. The fourth-order valence-electron chi connectivity index (χ4n) is 4.57. The van der Waals surface area contributed by atoms with Crippen LogP contribution in [-0.4, -0.2) is 45.2 Å². The van der Waals surface area contributed by atoms with Crippen LogP contribution in [0.15, 0.2) is 28.8 Å². The van der Waals surface area contributed by atoms with E-state index in [4.69, 9.17) is 4.52 Å². The minimum absolute atomic E-state index is 0.0474. The summed E-state index contributed by atoms with van der Waals surface area (Å²) in [5.41, 5.74) is 0.288. The zero-order valence-corrected chi connectivity index (χ0v) is 15.3. The smallest absolute Gasteiger partial charge is 0.227 e. The van der Waals surface area contributed by atoms with E-state index in [0.717, 1.165) is 25.7 Å². The van der Waals surface area contributed by atoms with Gasteiger partial charge in [0.05, 0.1) is 11.7 Å². The molecule has 1 aromatic carbocycles. The first kappa shape index (κ1) is 18.1. The number of aliphatic hydroxyl groups excluding tert-OH is 1. The number of benzene rings is 1. The van der Waals surface area contributed by atoms with Crippen molar-refractivity contribution in [3.63, 3.8) is 0 Å². The van der Waals surface area contributed by atoms with E-state index in [1.807, 2.05) is 11.9 Å². The fourth-order valence-corrected chi connectivity index (χ4v) is 4.57. The largest absolute Gasteiger partial charge is 0.393 e. The van der Waals surface area contributed by atoms with E-state index in [0.29, 0.717) is 24.1 Å². The van der Waals surface area contributed by atoms with Gasteiger partial charge >= 0.3 is 0 Å². The zero-order chi connectivity index (χ0) is 19.0. The summed E-state index contributed by atoms with van der Waals surface area (Å²) < 4.78 is 19.0. The van der Waals surface area contributed by atoms with Gasteiger partial charge in [-0.15, -0.1) is 0 Å². The van der Waals surface area contributed by atoms with Gasteiger partial charge in [0, 0.05) is 25.9 Å². The van der Waals surface area contributed by atoms with Crippen LogP contribution in [0.5, 0.6) is 0 Å². The van der Waals surface area contributed by atoms with Gasteiger partial charge in [0.2, 0.25) is 17.6 Å². The van der Waals surface area contributed by atoms with Gasteiger partial charge in [0.15, 0.2) is 0 Å². The molecule has 2 unspecified atom stereocenters. The highest BCUT2D eigenvalue weighted by Crippen LogP contribution is 2.45. The lowest BCUT2D eigenvalue weighted by Gasteiger charge is -2.25. The molecule has 1 amide bonds. The minimum atomic E-state index is -0.405. The number of amides is 1. The van der Waals surface area contributed by atoms with Crippen molar-refractivity contribution in [1.82, 2.24) is 15.0 Å². The second kappa shape index (κ2) is 7.38. The summed E-state index contributed by atoms with van der Waals surface area (Å²) >= 11 is 0. The lowest BCUT2D eigenvalue weighted by Crippen LogP contribution is -2.36. The van der Waals surface area contributed by atoms with Gasteiger partial charge in [-0.1, -0.05) is 17.3 Å². The van der Waals surface area contributed by atoms with Gasteiger partial charge in [-0.05, 0) is 49.7 Å². The van der Waals surface area contributed by atoms with Crippen molar-refractivity contribution in [2.45, 2.75) is 50.7 Å². The Kier molecular flexibility index (Phi) is 4.95. The summed E-state index contributed by atoms with van der Waals surface area (Å²) in [4.78, 5) is 18.6. The number of aryl methyl sites for hydroxylation is 1. The van der Waals surface area contributed by atoms with E-state index < -0.39 is 5.82 Å². The van der Waals surface area contributed by atoms with Crippen LogP contribution in [-0.2, 0) is 11.2 Å². The van der Waals surface area contributed by atoms with Crippen LogP contribution in [0, 0.1) is 17.7 Å². The molecule has 0 saturated heterocycles. The van der Waals surface area contributed by atoms with Crippen LogP contribution in [0.3, 0.4) is 0 Å². The first-order chi connectivity index (χ1) is 13.0. The van der Waals surface area contributed by atoms with Crippen molar-refractivity contribution in [2.75, 3.05) is 7.05 Å². The summed E-state index contributed by atoms with van der Waals surface area (Å²) in [6.45, 7) is 0. The number of carbonyl (C=O) groups excluding carboxylic acids is 1. The van der Waals surface area contributed by atoms with Crippen LogP contribution >= 0.6 is 0 Å². The maximum Gasteiger partial charge on any atom is 0.227 e. The number of hydrogen-bond acceptors (Lipinski definition) is 5. The standard InChI is InChI=1S/C20H24FN3O3/c1-24(14-8-12-10-15(25)11-13(12)9-14)19(26)7-6-18-22-20(23-27-18)16-4-2-3-5-17(16)21/h2-5,12-15,25H,6-11H2,1H3/t12-,13+,14?,15?. The molecule has 4 rings (SSSR count). The highest BCUT2D eigenvalue weighted by Gasteiger charge is 2.42. The first-order valence-electron chi connectivity index (χ1n) is 9.52. The molecule has 2 aliphatic rings. The van der Waals surface area contributed by atoms with Gasteiger partial charge in [0.1, 0.15) is 5.82 Å². The molecule has 0 radical (unpaired) electrons. The van der Waals surface area contributed by atoms with E-state index in [1.54, 1.807) is 18.2 Å². The molecule has 27 heavy (non-hydrogen) atoms. The molecule has 0 spiro atoms. The van der Waals surface area contributed by atoms with Gasteiger partial charge < -0.3 is 14.5 Å². The molecule has 1 N–H and O–H groups in total. The summed E-state index contributed by atoms with van der Waals surface area (Å²) in [6, 6.07) is 6.50. The molecular formula is C20H24FN3O3. The summed E-state index contributed by atoms with van der Waals surface area (Å²) in [5.74, 6) is 1.26. The number of rotatable bonds is 5. The first-order valence-corrected chi connectivity index (χ1v) is 9.52. The maximum atomic E-state index is 13.8. The third kappa shape index (κ3) is 3.74. The number of aromatic nitrogens is 2. The van der Waals surface area contributed by atoms with Crippen LogP contribution in [0.1, 0.15) is 38.0 Å². The van der Waals surface area contributed by atoms with Crippen molar-refractivity contribution in [2.24, 2.45) is 11.8 Å². The predicted molar refractivity (Wildman–Crippen MR) is 96.0 cm³/mol. The molecule has 1 aromatic heterocycles. The normalized spacial score (nSPS) is 26.9. The van der Waals surface area contributed by atoms with Crippen molar-refractivity contribution in [3.05, 3.63) is 36.0 Å². The number of nitrogens with zero attached hydrogens (tertiary/aromatic N) is 3. The Labute approximate surface area is 157 Å². The summed E-state index contributed by atoms with van der Waals surface area (Å²) in [5, 5.41) is 13.6. The molecule has 144 valence electrons. The third-order valence-electron chi connectivity index (χ3n) is 6.04. The molecule has 1 heterocycles. The van der Waals surface area contributed by atoms with E-state index >= 15 is 0 Å². The molecule has 7 heteroatoms. The molecule has 0 bridgehead atoms. The van der Waals surface area contributed by atoms with Crippen LogP contribution < -0.4 is 0 Å². The van der Waals surface area contributed by atoms with Crippen LogP contribution in [0.4, 0.5) is 4.39 Å². The fraction of sp³-hybridized carbons (Fsp3) is 0.550. The van der Waals surface area contributed by atoms with Gasteiger partial charge in [0.25, 0.3) is 0 Å². The van der Waals surface area contributed by atoms with E-state index in [9.17, 15) is 14.3 Å². The third-order valence-corrected chi connectivity index (χ3v) is 6.04. The highest BCUT2D eigenvalue weighted by molar-refractivity contribution is 5.76. The minimum Gasteiger partial charge on any atom is -0.393 e. The predicted octanol–water partition coefficient (Wildman–Crippen LogP) is 2.82. The zero-order valence-electron chi connectivity index (χ0n) is 15.3. The van der Waals surface area contributed by atoms with E-state index in [2.05, 4.69) is 10.1 Å². The number of hydrogen-bond donors (Lipinski definition) is 1. The molecule has 4 atom stereocenters. The topological polar surface area (TPSA) is 79.5 Å². The van der Waals surface area contributed by atoms with E-state index in [-0.39, 0.29) is 35.9 Å². The number of carbonyl (C=O) groups is 1. The van der Waals surface area contributed by atoms with E-state index in [1.165, 1.54) is 6.07 Å². The van der Waals surface area contributed by atoms with Crippen LogP contribution in [0.2, 0.25) is 0 Å². The van der Waals surface area contributed by atoms with Crippen molar-refractivity contribution in [1.29, 1.82) is 0 Å². The Hall–Kier alpha value is -2.28. The average Bonchev–Trinajstić information content (AvgIpc) is 3.34. The Morgan fingerprint density at radius 2 is 1.96 bits per heavy atom. The Balaban J connectivity index is 1.31. The second-order valence-corrected chi connectivity index (χ2v) is 7.77. The van der Waals surface area contributed by atoms with Gasteiger partial charge in [-0.3, -0.25) is 4.79 Å². The van der Waals surface area contributed by atoms with Crippen molar-refractivity contribution >= 4 is 5.91 Å². The molecule has 2 aromatic rings. The molecule has 0 aliphatic heterocycles. The molecule has 2 fully saturated rings. The molecule has 2 aliphatic carbocycles. The molecule has 2 saturated carbocycles. The summed E-state index contributed by atoms with van der Waals surface area (Å²) in [6.07, 6.45) is 4.13. The number of aliphatic hydroxyl groups is 1. The second-order valence-electron chi connectivity index (χ2n) is 7.77. The maximum absolute atomic E-state index is 13.8. The molecule has 6 nitrogen and oxygen atoms in total. The van der Waals surface area contributed by atoms with Crippen molar-refractivity contribution in [3.8, 4) is 11.4 Å². The Morgan fingerprint density at radius 3 is 2.67 bits per heavy atom. The highest BCUT2D eigenvalue weighted by atomic mass is 19.1. The van der Waals surface area contributed by atoms with Gasteiger partial charge in [-0.2, -0.15) is 4.98 Å². The molecular weight excluding hydrogens is 349 g/mol. The Bertz CT molecular complexity index is 810. The SMILES string of the molecule is CN(C(=O)CCc1nc(-c2ccccc2F)no1)C1C[C@H]2CC(O)C[C@H]2C1. The van der Waals surface area contributed by atoms with Crippen molar-refractivity contribution < 1.29 is 18.8 Å². The monoisotopic (exact) mass is 373 g/mol. The number of fused-ring (bicyclic) bond motifs is 1. The summed E-state index contributed by atoms with van der Waals surface area (Å²) in [7, 11) is 1.85. The lowest BCUT2D eigenvalue weighted by atomic mass is 10.0. The van der Waals surface area contributed by atoms with Crippen LogP contribution in [0.25, 0.3) is 11.4 Å². The average molecular weight is 373 g/mol. The number of halogens is 1.